The van der Waals surface area contributed by atoms with Gasteiger partial charge in [-0.1, -0.05) is 12.1 Å². The summed E-state index contributed by atoms with van der Waals surface area (Å²) < 4.78 is 6.93. The van der Waals surface area contributed by atoms with Crippen molar-refractivity contribution in [1.29, 1.82) is 0 Å². The molecule has 88 valence electrons. The van der Waals surface area contributed by atoms with Gasteiger partial charge >= 0.3 is 0 Å². The molecule has 0 unspecified atom stereocenters. The average molecular weight is 230 g/mol. The maximum absolute atomic E-state index is 12.2. The van der Waals surface area contributed by atoms with E-state index in [9.17, 15) is 4.79 Å². The molecule has 0 aliphatic rings. The fraction of sp³-hybridized carbons (Fsp3) is 0.231. The number of hydrogen-bond donors (Lipinski definition) is 0. The second-order valence-corrected chi connectivity index (χ2v) is 3.63. The van der Waals surface area contributed by atoms with Gasteiger partial charge in [0.15, 0.2) is 0 Å². The van der Waals surface area contributed by atoms with E-state index < -0.39 is 0 Å². The molecule has 2 rings (SSSR count). The second kappa shape index (κ2) is 4.82. The van der Waals surface area contributed by atoms with Gasteiger partial charge in [-0.2, -0.15) is 5.10 Å². The van der Waals surface area contributed by atoms with Crippen molar-refractivity contribution in [3.05, 3.63) is 47.8 Å². The highest BCUT2D eigenvalue weighted by molar-refractivity contribution is 6.08. The number of carbonyl (C=O) groups excluding carboxylic acids is 1. The van der Waals surface area contributed by atoms with Crippen LogP contribution < -0.4 is 4.74 Å². The number of ether oxygens (including phenoxy) is 1. The fourth-order valence-corrected chi connectivity index (χ4v) is 1.64. The van der Waals surface area contributed by atoms with E-state index in [4.69, 9.17) is 4.74 Å². The van der Waals surface area contributed by atoms with Crippen LogP contribution in [0.25, 0.3) is 0 Å². The largest absolute Gasteiger partial charge is 0.494 e. The van der Waals surface area contributed by atoms with Gasteiger partial charge in [-0.15, -0.1) is 0 Å². The molecule has 1 aromatic heterocycles. The molecule has 0 amide bonds. The minimum Gasteiger partial charge on any atom is -0.494 e. The number of ketones is 1. The summed E-state index contributed by atoms with van der Waals surface area (Å²) in [5, 5.41) is 3.99. The first-order chi connectivity index (χ1) is 8.22. The van der Waals surface area contributed by atoms with Crippen LogP contribution in [0.4, 0.5) is 0 Å². The number of aryl methyl sites for hydroxylation is 1. The summed E-state index contributed by atoms with van der Waals surface area (Å²) in [6, 6.07) is 8.88. The van der Waals surface area contributed by atoms with E-state index in [2.05, 4.69) is 5.10 Å². The summed E-state index contributed by atoms with van der Waals surface area (Å²) >= 11 is 0. The van der Waals surface area contributed by atoms with Crippen molar-refractivity contribution in [2.45, 2.75) is 6.92 Å². The molecule has 17 heavy (non-hydrogen) atoms. The number of rotatable bonds is 4. The van der Waals surface area contributed by atoms with Crippen LogP contribution in [0.1, 0.15) is 23.0 Å². The van der Waals surface area contributed by atoms with Gasteiger partial charge in [-0.05, 0) is 25.1 Å². The molecule has 1 aromatic carbocycles. The molecule has 0 N–H and O–H groups in total. The zero-order chi connectivity index (χ0) is 12.3. The lowest BCUT2D eigenvalue weighted by atomic mass is 10.1. The third-order valence-corrected chi connectivity index (χ3v) is 2.46. The number of hydrogen-bond acceptors (Lipinski definition) is 3. The first kappa shape index (κ1) is 11.4. The molecule has 0 aliphatic carbocycles. The molecule has 0 radical (unpaired) electrons. The Morgan fingerprint density at radius 1 is 1.41 bits per heavy atom. The van der Waals surface area contributed by atoms with Crippen LogP contribution in [-0.2, 0) is 7.05 Å². The van der Waals surface area contributed by atoms with Gasteiger partial charge in [-0.3, -0.25) is 9.48 Å². The van der Waals surface area contributed by atoms with Gasteiger partial charge in [0.25, 0.3) is 0 Å². The predicted octanol–water partition coefficient (Wildman–Crippen LogP) is 2.05. The van der Waals surface area contributed by atoms with Gasteiger partial charge in [-0.25, -0.2) is 0 Å². The van der Waals surface area contributed by atoms with Crippen molar-refractivity contribution in [1.82, 2.24) is 9.78 Å². The molecule has 0 spiro atoms. The molecule has 0 fully saturated rings. The van der Waals surface area contributed by atoms with E-state index in [1.54, 1.807) is 36.1 Å². The SMILES string of the molecule is CCOc1cccc(C(=O)c2ccnn2C)c1. The Morgan fingerprint density at radius 3 is 2.88 bits per heavy atom. The highest BCUT2D eigenvalue weighted by Gasteiger charge is 2.12. The van der Waals surface area contributed by atoms with Crippen LogP contribution in [0, 0.1) is 0 Å². The molecule has 2 aromatic rings. The minimum absolute atomic E-state index is 0.0495. The summed E-state index contributed by atoms with van der Waals surface area (Å²) in [5.41, 5.74) is 1.18. The van der Waals surface area contributed by atoms with Crippen molar-refractivity contribution in [3.8, 4) is 5.75 Å². The lowest BCUT2D eigenvalue weighted by molar-refractivity contribution is 0.103. The Balaban J connectivity index is 2.31. The van der Waals surface area contributed by atoms with Crippen LogP contribution >= 0.6 is 0 Å². The smallest absolute Gasteiger partial charge is 0.211 e. The van der Waals surface area contributed by atoms with E-state index in [1.165, 1.54) is 0 Å². The zero-order valence-corrected chi connectivity index (χ0v) is 9.88. The van der Waals surface area contributed by atoms with Crippen molar-refractivity contribution in [2.24, 2.45) is 7.05 Å². The van der Waals surface area contributed by atoms with E-state index in [0.717, 1.165) is 0 Å². The Morgan fingerprint density at radius 2 is 2.24 bits per heavy atom. The van der Waals surface area contributed by atoms with Crippen molar-refractivity contribution in [3.63, 3.8) is 0 Å². The first-order valence-electron chi connectivity index (χ1n) is 5.48. The van der Waals surface area contributed by atoms with Crippen molar-refractivity contribution >= 4 is 5.78 Å². The van der Waals surface area contributed by atoms with E-state index in [1.807, 2.05) is 19.1 Å². The van der Waals surface area contributed by atoms with Crippen LogP contribution in [0.2, 0.25) is 0 Å². The highest BCUT2D eigenvalue weighted by atomic mass is 16.5. The molecule has 0 saturated heterocycles. The quantitative estimate of drug-likeness (QED) is 0.755. The normalized spacial score (nSPS) is 10.2. The maximum Gasteiger partial charge on any atom is 0.211 e. The topological polar surface area (TPSA) is 44.1 Å². The molecule has 0 aliphatic heterocycles. The molecule has 0 saturated carbocycles. The van der Waals surface area contributed by atoms with E-state index >= 15 is 0 Å². The summed E-state index contributed by atoms with van der Waals surface area (Å²) in [4.78, 5) is 12.2. The molecular weight excluding hydrogens is 216 g/mol. The molecule has 4 nitrogen and oxygen atoms in total. The maximum atomic E-state index is 12.2. The molecule has 4 heteroatoms. The predicted molar refractivity (Wildman–Crippen MR) is 64.3 cm³/mol. The number of carbonyl (C=O) groups is 1. The molecule has 0 bridgehead atoms. The molecular formula is C13H14N2O2. The van der Waals surface area contributed by atoms with Crippen molar-refractivity contribution in [2.75, 3.05) is 6.61 Å². The van der Waals surface area contributed by atoms with Gasteiger partial charge in [0.05, 0.1) is 6.61 Å². The van der Waals surface area contributed by atoms with Gasteiger partial charge in [0.1, 0.15) is 11.4 Å². The van der Waals surface area contributed by atoms with E-state index in [-0.39, 0.29) is 5.78 Å². The number of aromatic nitrogens is 2. The third-order valence-electron chi connectivity index (χ3n) is 2.46. The number of benzene rings is 1. The Labute approximate surface area is 99.8 Å². The third kappa shape index (κ3) is 2.36. The monoisotopic (exact) mass is 230 g/mol. The Kier molecular flexibility index (Phi) is 3.23. The van der Waals surface area contributed by atoms with E-state index in [0.29, 0.717) is 23.6 Å². The van der Waals surface area contributed by atoms with Crippen LogP contribution in [0.5, 0.6) is 5.75 Å². The zero-order valence-electron chi connectivity index (χ0n) is 9.88. The lowest BCUT2D eigenvalue weighted by Crippen LogP contribution is -2.08. The van der Waals surface area contributed by atoms with Crippen LogP contribution in [0.15, 0.2) is 36.5 Å². The molecule has 0 atom stereocenters. The van der Waals surface area contributed by atoms with Crippen LogP contribution in [0.3, 0.4) is 0 Å². The van der Waals surface area contributed by atoms with Gasteiger partial charge in [0.2, 0.25) is 5.78 Å². The minimum atomic E-state index is -0.0495. The Bertz CT molecular complexity index is 532. The molecule has 1 heterocycles. The lowest BCUT2D eigenvalue weighted by Gasteiger charge is -2.05. The van der Waals surface area contributed by atoms with Gasteiger partial charge < -0.3 is 4.74 Å². The standard InChI is InChI=1S/C13H14N2O2/c1-3-17-11-6-4-5-10(9-11)13(16)12-7-8-14-15(12)2/h4-9H,3H2,1-2H3. The summed E-state index contributed by atoms with van der Waals surface area (Å²) in [6.07, 6.45) is 1.61. The summed E-state index contributed by atoms with van der Waals surface area (Å²) in [7, 11) is 1.75. The Hall–Kier alpha value is -2.10. The number of nitrogens with zero attached hydrogens (tertiary/aromatic N) is 2. The van der Waals surface area contributed by atoms with Crippen LogP contribution in [-0.4, -0.2) is 22.2 Å². The first-order valence-corrected chi connectivity index (χ1v) is 5.48. The average Bonchev–Trinajstić information content (AvgIpc) is 2.75. The van der Waals surface area contributed by atoms with Gasteiger partial charge in [0, 0.05) is 18.8 Å². The fourth-order valence-electron chi connectivity index (χ4n) is 1.64. The van der Waals surface area contributed by atoms with Crippen molar-refractivity contribution < 1.29 is 9.53 Å². The summed E-state index contributed by atoms with van der Waals surface area (Å²) in [5.74, 6) is 0.659. The highest BCUT2D eigenvalue weighted by Crippen LogP contribution is 2.16. The second-order valence-electron chi connectivity index (χ2n) is 3.63. The summed E-state index contributed by atoms with van der Waals surface area (Å²) in [6.45, 7) is 2.50.